The topological polar surface area (TPSA) is 79.5 Å². The van der Waals surface area contributed by atoms with Gasteiger partial charge in [0.15, 0.2) is 0 Å². The average Bonchev–Trinajstić information content (AvgIpc) is 2.57. The van der Waals surface area contributed by atoms with E-state index in [1.165, 1.54) is 0 Å². The minimum Gasteiger partial charge on any atom is -0.445 e. The van der Waals surface area contributed by atoms with Crippen LogP contribution >= 0.6 is 0 Å². The number of ether oxygens (including phenoxy) is 1. The van der Waals surface area contributed by atoms with E-state index in [-0.39, 0.29) is 18.4 Å². The minimum absolute atomic E-state index is 0.00451. The van der Waals surface area contributed by atoms with E-state index in [9.17, 15) is 9.59 Å². The van der Waals surface area contributed by atoms with E-state index in [0.29, 0.717) is 12.5 Å². The first-order valence-electron chi connectivity index (χ1n) is 8.44. The van der Waals surface area contributed by atoms with Crippen LogP contribution in [0.25, 0.3) is 0 Å². The van der Waals surface area contributed by atoms with E-state index < -0.39 is 12.1 Å². The Labute approximate surface area is 144 Å². The molecule has 0 unspecified atom stereocenters. The maximum Gasteiger partial charge on any atom is 0.408 e. The van der Waals surface area contributed by atoms with Crippen LogP contribution in [0.5, 0.6) is 0 Å². The van der Waals surface area contributed by atoms with Gasteiger partial charge in [0.25, 0.3) is 5.91 Å². The molecule has 134 valence electrons. The summed E-state index contributed by atoms with van der Waals surface area (Å²) in [6.45, 7) is 8.83. The molecule has 6 nitrogen and oxygen atoms in total. The largest absolute Gasteiger partial charge is 0.445 e. The summed E-state index contributed by atoms with van der Waals surface area (Å²) in [4.78, 5) is 24.3. The van der Waals surface area contributed by atoms with E-state index in [1.54, 1.807) is 0 Å². The van der Waals surface area contributed by atoms with Gasteiger partial charge in [-0.3, -0.25) is 10.2 Å². The van der Waals surface area contributed by atoms with Crippen LogP contribution in [0.15, 0.2) is 30.3 Å². The normalized spacial score (nSPS) is 13.2. The highest BCUT2D eigenvalue weighted by Gasteiger charge is 2.26. The molecular weight excluding hydrogens is 306 g/mol. The Kier molecular flexibility index (Phi) is 8.86. The van der Waals surface area contributed by atoms with Crippen molar-refractivity contribution in [3.05, 3.63) is 35.9 Å². The number of benzene rings is 1. The fourth-order valence-electron chi connectivity index (χ4n) is 2.01. The first kappa shape index (κ1) is 20.0. The summed E-state index contributed by atoms with van der Waals surface area (Å²) < 4.78 is 5.20. The van der Waals surface area contributed by atoms with Gasteiger partial charge in [-0.25, -0.2) is 10.2 Å². The van der Waals surface area contributed by atoms with Gasteiger partial charge < -0.3 is 10.1 Å². The summed E-state index contributed by atoms with van der Waals surface area (Å²) in [5.41, 5.74) is 6.43. The van der Waals surface area contributed by atoms with E-state index in [4.69, 9.17) is 4.74 Å². The average molecular weight is 335 g/mol. The van der Waals surface area contributed by atoms with Crippen LogP contribution in [0.3, 0.4) is 0 Å². The van der Waals surface area contributed by atoms with Gasteiger partial charge in [-0.05, 0) is 17.4 Å². The SMILES string of the molecule is CC[C@H](C)[C@H](NC(=O)OCc1ccccc1)C(=O)NNCC(C)C. The van der Waals surface area contributed by atoms with E-state index >= 15 is 0 Å². The molecule has 0 saturated carbocycles. The number of carbonyl (C=O) groups is 2. The van der Waals surface area contributed by atoms with E-state index in [2.05, 4.69) is 16.2 Å². The zero-order valence-corrected chi connectivity index (χ0v) is 15.0. The number of alkyl carbamates (subject to hydrolysis) is 1. The standard InChI is InChI=1S/C18H29N3O3/c1-5-14(4)16(17(22)21-19-11-13(2)3)20-18(23)24-12-15-9-7-6-8-10-15/h6-10,13-14,16,19H,5,11-12H2,1-4H3,(H,20,23)(H,21,22)/t14-,16-/m0/s1. The van der Waals surface area contributed by atoms with Gasteiger partial charge >= 0.3 is 6.09 Å². The lowest BCUT2D eigenvalue weighted by atomic mass is 9.99. The maximum atomic E-state index is 12.3. The van der Waals surface area contributed by atoms with Gasteiger partial charge in [-0.2, -0.15) is 0 Å². The molecule has 6 heteroatoms. The summed E-state index contributed by atoms with van der Waals surface area (Å²) in [5.74, 6) is 0.146. The van der Waals surface area contributed by atoms with E-state index in [1.807, 2.05) is 58.0 Å². The number of hydrogen-bond donors (Lipinski definition) is 3. The first-order chi connectivity index (χ1) is 11.4. The number of rotatable bonds is 9. The molecule has 0 saturated heterocycles. The van der Waals surface area contributed by atoms with Crippen LogP contribution < -0.4 is 16.2 Å². The number of nitrogens with one attached hydrogen (secondary N) is 3. The van der Waals surface area contributed by atoms with Crippen molar-refractivity contribution in [3.63, 3.8) is 0 Å². The van der Waals surface area contributed by atoms with Crippen molar-refractivity contribution in [3.8, 4) is 0 Å². The monoisotopic (exact) mass is 335 g/mol. The smallest absolute Gasteiger partial charge is 0.408 e. The highest BCUT2D eigenvalue weighted by atomic mass is 16.5. The summed E-state index contributed by atoms with van der Waals surface area (Å²) in [6.07, 6.45) is 0.171. The maximum absolute atomic E-state index is 12.3. The molecule has 0 bridgehead atoms. The van der Waals surface area contributed by atoms with Crippen molar-refractivity contribution in [1.29, 1.82) is 0 Å². The van der Waals surface area contributed by atoms with Crippen LogP contribution in [-0.4, -0.2) is 24.6 Å². The molecule has 0 aromatic heterocycles. The molecule has 0 spiro atoms. The Morgan fingerprint density at radius 3 is 2.38 bits per heavy atom. The van der Waals surface area contributed by atoms with Crippen molar-refractivity contribution >= 4 is 12.0 Å². The zero-order chi connectivity index (χ0) is 17.9. The quantitative estimate of drug-likeness (QED) is 0.606. The number of carbonyl (C=O) groups excluding carboxylic acids is 2. The third-order valence-electron chi connectivity index (χ3n) is 3.70. The first-order valence-corrected chi connectivity index (χ1v) is 8.44. The molecule has 0 aliphatic carbocycles. The molecule has 24 heavy (non-hydrogen) atoms. The number of hydrogen-bond acceptors (Lipinski definition) is 4. The lowest BCUT2D eigenvalue weighted by molar-refractivity contribution is -0.125. The molecule has 0 fully saturated rings. The molecule has 0 radical (unpaired) electrons. The number of amides is 2. The van der Waals surface area contributed by atoms with Gasteiger partial charge in [-0.15, -0.1) is 0 Å². The molecule has 1 rings (SSSR count). The van der Waals surface area contributed by atoms with Crippen molar-refractivity contribution < 1.29 is 14.3 Å². The number of hydrazine groups is 1. The summed E-state index contributed by atoms with van der Waals surface area (Å²) in [6, 6.07) is 8.78. The van der Waals surface area contributed by atoms with Gasteiger partial charge in [0, 0.05) is 6.54 Å². The Morgan fingerprint density at radius 1 is 1.12 bits per heavy atom. The molecule has 1 aromatic carbocycles. The highest BCUT2D eigenvalue weighted by molar-refractivity contribution is 5.85. The highest BCUT2D eigenvalue weighted by Crippen LogP contribution is 2.09. The fraction of sp³-hybridized carbons (Fsp3) is 0.556. The lowest BCUT2D eigenvalue weighted by Crippen LogP contribution is -2.54. The van der Waals surface area contributed by atoms with Gasteiger partial charge in [0.2, 0.25) is 0 Å². The molecule has 0 heterocycles. The zero-order valence-electron chi connectivity index (χ0n) is 15.0. The van der Waals surface area contributed by atoms with Gasteiger partial charge in [-0.1, -0.05) is 64.4 Å². The molecule has 0 aliphatic rings. The summed E-state index contributed by atoms with van der Waals surface area (Å²) >= 11 is 0. The van der Waals surface area contributed by atoms with Crippen molar-refractivity contribution in [1.82, 2.24) is 16.2 Å². The van der Waals surface area contributed by atoms with Crippen molar-refractivity contribution in [2.75, 3.05) is 6.54 Å². The van der Waals surface area contributed by atoms with Crippen LogP contribution in [0, 0.1) is 11.8 Å². The molecule has 0 aliphatic heterocycles. The minimum atomic E-state index is -0.641. The molecule has 3 N–H and O–H groups in total. The van der Waals surface area contributed by atoms with Crippen molar-refractivity contribution in [2.45, 2.75) is 46.8 Å². The predicted molar refractivity (Wildman–Crippen MR) is 94.0 cm³/mol. The summed E-state index contributed by atoms with van der Waals surface area (Å²) in [7, 11) is 0. The fourth-order valence-corrected chi connectivity index (χ4v) is 2.01. The Morgan fingerprint density at radius 2 is 1.79 bits per heavy atom. The van der Waals surface area contributed by atoms with E-state index in [0.717, 1.165) is 12.0 Å². The second-order valence-electron chi connectivity index (χ2n) is 6.33. The molecule has 1 aromatic rings. The van der Waals surface area contributed by atoms with Gasteiger partial charge in [0.05, 0.1) is 0 Å². The Balaban J connectivity index is 2.51. The second-order valence-corrected chi connectivity index (χ2v) is 6.33. The Hall–Kier alpha value is -2.08. The second kappa shape index (κ2) is 10.6. The van der Waals surface area contributed by atoms with Crippen LogP contribution in [0.1, 0.15) is 39.7 Å². The molecule has 2 atom stereocenters. The molecule has 2 amide bonds. The van der Waals surface area contributed by atoms with Crippen molar-refractivity contribution in [2.24, 2.45) is 11.8 Å². The third kappa shape index (κ3) is 7.46. The summed E-state index contributed by atoms with van der Waals surface area (Å²) in [5, 5.41) is 2.66. The van der Waals surface area contributed by atoms with Crippen LogP contribution in [0.2, 0.25) is 0 Å². The lowest BCUT2D eigenvalue weighted by Gasteiger charge is -2.23. The predicted octanol–water partition coefficient (Wildman–Crippen LogP) is 2.60. The van der Waals surface area contributed by atoms with Gasteiger partial charge in [0.1, 0.15) is 12.6 Å². The van der Waals surface area contributed by atoms with Crippen LogP contribution in [-0.2, 0) is 16.1 Å². The Bertz CT molecular complexity index is 505. The third-order valence-corrected chi connectivity index (χ3v) is 3.70. The molecular formula is C18H29N3O3. The van der Waals surface area contributed by atoms with Crippen LogP contribution in [0.4, 0.5) is 4.79 Å².